The van der Waals surface area contributed by atoms with Crippen molar-refractivity contribution in [3.63, 3.8) is 0 Å². The van der Waals surface area contributed by atoms with Gasteiger partial charge in [0.25, 0.3) is 5.91 Å². The summed E-state index contributed by atoms with van der Waals surface area (Å²) in [5.74, 6) is 10.1. The summed E-state index contributed by atoms with van der Waals surface area (Å²) in [6, 6.07) is 8.58. The maximum absolute atomic E-state index is 11.1. The Balaban J connectivity index is 2.79. The third kappa shape index (κ3) is 3.15. The Morgan fingerprint density at radius 1 is 1.40 bits per heavy atom. The van der Waals surface area contributed by atoms with E-state index in [1.165, 1.54) is 0 Å². The number of hydrogen-bond acceptors (Lipinski definition) is 3. The monoisotopic (exact) mass is 199 g/mol. The fourth-order valence-corrected chi connectivity index (χ4v) is 0.974. The molecule has 1 aromatic carbocycles. The van der Waals surface area contributed by atoms with Crippen LogP contribution >= 0.6 is 0 Å². The van der Waals surface area contributed by atoms with Crippen LogP contribution < -0.4 is 11.3 Å². The minimum atomic E-state index is -0.341. The number of hydrogen-bond donors (Lipinski definition) is 2. The first-order valence-corrected chi connectivity index (χ1v) is 4.24. The molecule has 0 bridgehead atoms. The summed E-state index contributed by atoms with van der Waals surface area (Å²) in [5.41, 5.74) is 3.27. The number of amides is 1. The number of nitrogens with zero attached hydrogens (tertiary/aromatic N) is 1. The molecule has 74 valence electrons. The Kier molecular flexibility index (Phi) is 3.91. The van der Waals surface area contributed by atoms with Gasteiger partial charge in [-0.2, -0.15) is 5.26 Å². The zero-order chi connectivity index (χ0) is 11.1. The predicted molar refractivity (Wildman–Crippen MR) is 55.2 cm³/mol. The third-order valence-corrected chi connectivity index (χ3v) is 1.68. The lowest BCUT2D eigenvalue weighted by Crippen LogP contribution is -2.29. The average molecular weight is 199 g/mol. The van der Waals surface area contributed by atoms with Crippen molar-refractivity contribution < 1.29 is 4.79 Å². The van der Waals surface area contributed by atoms with Gasteiger partial charge in [0, 0.05) is 11.1 Å². The van der Waals surface area contributed by atoms with Gasteiger partial charge in [0.15, 0.2) is 0 Å². The Hall–Kier alpha value is -2.30. The van der Waals surface area contributed by atoms with Gasteiger partial charge in [-0.05, 0) is 24.3 Å². The summed E-state index contributed by atoms with van der Waals surface area (Å²) in [4.78, 5) is 11.1. The lowest BCUT2D eigenvalue weighted by molar-refractivity contribution is 0.0953. The van der Waals surface area contributed by atoms with E-state index >= 15 is 0 Å². The Morgan fingerprint density at radius 2 is 2.07 bits per heavy atom. The summed E-state index contributed by atoms with van der Waals surface area (Å²) in [6.07, 6.45) is 0.199. The van der Waals surface area contributed by atoms with Gasteiger partial charge in [-0.15, -0.1) is 0 Å². The molecule has 0 fully saturated rings. The van der Waals surface area contributed by atoms with Crippen LogP contribution in [0.5, 0.6) is 0 Å². The van der Waals surface area contributed by atoms with Crippen LogP contribution in [0, 0.1) is 23.2 Å². The Morgan fingerprint density at radius 3 is 2.60 bits per heavy atom. The molecule has 0 unspecified atom stereocenters. The zero-order valence-electron chi connectivity index (χ0n) is 7.95. The van der Waals surface area contributed by atoms with Crippen LogP contribution in [-0.2, 0) is 0 Å². The van der Waals surface area contributed by atoms with Crippen molar-refractivity contribution in [2.24, 2.45) is 5.84 Å². The second-order valence-corrected chi connectivity index (χ2v) is 2.69. The number of hydrazine groups is 1. The molecule has 4 nitrogen and oxygen atoms in total. The van der Waals surface area contributed by atoms with E-state index in [9.17, 15) is 4.79 Å². The van der Waals surface area contributed by atoms with Gasteiger partial charge < -0.3 is 0 Å². The standard InChI is InChI=1S/C11H9N3O/c12-8-2-1-3-9-4-6-10(7-5-9)11(15)14-13/h4-7H,2,13H2,(H,14,15). The fourth-order valence-electron chi connectivity index (χ4n) is 0.974. The quantitative estimate of drug-likeness (QED) is 0.300. The van der Waals surface area contributed by atoms with Crippen LogP contribution in [-0.4, -0.2) is 5.91 Å². The molecule has 1 amide bonds. The number of nitriles is 1. The maximum atomic E-state index is 11.1. The van der Waals surface area contributed by atoms with Crippen LogP contribution in [0.15, 0.2) is 24.3 Å². The molecule has 1 aromatic rings. The maximum Gasteiger partial charge on any atom is 0.265 e. The topological polar surface area (TPSA) is 78.9 Å². The van der Waals surface area contributed by atoms with Crippen LogP contribution in [0.25, 0.3) is 0 Å². The zero-order valence-corrected chi connectivity index (χ0v) is 7.95. The largest absolute Gasteiger partial charge is 0.290 e. The molecule has 15 heavy (non-hydrogen) atoms. The normalized spacial score (nSPS) is 8.27. The van der Waals surface area contributed by atoms with E-state index in [2.05, 4.69) is 11.8 Å². The SMILES string of the molecule is N#CCC#Cc1ccc(C(=O)NN)cc1. The summed E-state index contributed by atoms with van der Waals surface area (Å²) in [6.45, 7) is 0. The molecule has 4 heteroatoms. The minimum absolute atomic E-state index is 0.199. The molecule has 3 N–H and O–H groups in total. The third-order valence-electron chi connectivity index (χ3n) is 1.68. The van der Waals surface area contributed by atoms with E-state index in [1.807, 2.05) is 11.5 Å². The molecule has 0 aromatic heterocycles. The van der Waals surface area contributed by atoms with Gasteiger partial charge in [0.05, 0.1) is 12.5 Å². The number of rotatable bonds is 1. The first-order valence-electron chi connectivity index (χ1n) is 4.24. The molecule has 0 aliphatic heterocycles. The van der Waals surface area contributed by atoms with E-state index in [0.29, 0.717) is 5.56 Å². The second-order valence-electron chi connectivity index (χ2n) is 2.69. The summed E-state index contributed by atoms with van der Waals surface area (Å²) >= 11 is 0. The molecule has 0 atom stereocenters. The lowest BCUT2D eigenvalue weighted by Gasteiger charge is -1.98. The van der Waals surface area contributed by atoms with Crippen LogP contribution in [0.1, 0.15) is 22.3 Å². The Bertz CT molecular complexity index is 445. The van der Waals surface area contributed by atoms with Gasteiger partial charge in [-0.25, -0.2) is 5.84 Å². The minimum Gasteiger partial charge on any atom is -0.290 e. The van der Waals surface area contributed by atoms with Crippen LogP contribution in [0.4, 0.5) is 0 Å². The Labute approximate surface area is 87.7 Å². The van der Waals surface area contributed by atoms with Crippen molar-refractivity contribution in [2.45, 2.75) is 6.42 Å². The van der Waals surface area contributed by atoms with E-state index < -0.39 is 0 Å². The molecule has 0 saturated carbocycles. The fraction of sp³-hybridized carbons (Fsp3) is 0.0909. The van der Waals surface area contributed by atoms with Crippen molar-refractivity contribution >= 4 is 5.91 Å². The molecule has 0 saturated heterocycles. The smallest absolute Gasteiger partial charge is 0.265 e. The van der Waals surface area contributed by atoms with Crippen molar-refractivity contribution in [3.8, 4) is 17.9 Å². The first-order chi connectivity index (χ1) is 7.27. The molecular weight excluding hydrogens is 190 g/mol. The van der Waals surface area contributed by atoms with Crippen LogP contribution in [0.3, 0.4) is 0 Å². The molecular formula is C11H9N3O. The van der Waals surface area contributed by atoms with E-state index in [-0.39, 0.29) is 12.3 Å². The second kappa shape index (κ2) is 5.43. The predicted octanol–water partition coefficient (Wildman–Crippen LogP) is 0.555. The highest BCUT2D eigenvalue weighted by Gasteiger charge is 2.00. The van der Waals surface area contributed by atoms with E-state index in [1.54, 1.807) is 24.3 Å². The first kappa shape index (κ1) is 10.8. The average Bonchev–Trinajstić information content (AvgIpc) is 2.29. The van der Waals surface area contributed by atoms with Crippen LogP contribution in [0.2, 0.25) is 0 Å². The van der Waals surface area contributed by atoms with E-state index in [4.69, 9.17) is 11.1 Å². The van der Waals surface area contributed by atoms with Gasteiger partial charge in [-0.3, -0.25) is 10.2 Å². The lowest BCUT2D eigenvalue weighted by atomic mass is 10.1. The highest BCUT2D eigenvalue weighted by atomic mass is 16.2. The number of carbonyl (C=O) groups excluding carboxylic acids is 1. The van der Waals surface area contributed by atoms with Crippen molar-refractivity contribution in [1.82, 2.24) is 5.43 Å². The van der Waals surface area contributed by atoms with Gasteiger partial charge >= 0.3 is 0 Å². The van der Waals surface area contributed by atoms with Gasteiger partial charge in [0.1, 0.15) is 0 Å². The number of nitrogens with one attached hydrogen (secondary N) is 1. The summed E-state index contributed by atoms with van der Waals surface area (Å²) < 4.78 is 0. The molecule has 1 rings (SSSR count). The summed E-state index contributed by atoms with van der Waals surface area (Å²) in [5, 5.41) is 8.27. The number of carbonyl (C=O) groups is 1. The van der Waals surface area contributed by atoms with Gasteiger partial charge in [0.2, 0.25) is 0 Å². The molecule has 0 heterocycles. The number of benzene rings is 1. The van der Waals surface area contributed by atoms with Gasteiger partial charge in [-0.1, -0.05) is 11.8 Å². The van der Waals surface area contributed by atoms with Crippen molar-refractivity contribution in [3.05, 3.63) is 35.4 Å². The summed E-state index contributed by atoms with van der Waals surface area (Å²) in [7, 11) is 0. The number of nitrogens with two attached hydrogens (primary N) is 1. The van der Waals surface area contributed by atoms with Crippen molar-refractivity contribution in [1.29, 1.82) is 5.26 Å². The molecule has 0 aliphatic carbocycles. The van der Waals surface area contributed by atoms with E-state index in [0.717, 1.165) is 5.56 Å². The highest BCUT2D eigenvalue weighted by Crippen LogP contribution is 2.02. The number of nitrogen functional groups attached to an aromatic ring is 1. The molecule has 0 spiro atoms. The highest BCUT2D eigenvalue weighted by molar-refractivity contribution is 5.93. The molecule has 0 aliphatic rings. The van der Waals surface area contributed by atoms with Crippen molar-refractivity contribution in [2.75, 3.05) is 0 Å². The molecule has 0 radical (unpaired) electrons.